The van der Waals surface area contributed by atoms with E-state index in [0.717, 1.165) is 0 Å². The molecular weight excluding hydrogens is 396 g/mol. The van der Waals surface area contributed by atoms with Crippen LogP contribution in [0, 0.1) is 6.92 Å². The predicted molar refractivity (Wildman–Crippen MR) is 101 cm³/mol. The number of aliphatic carboxylic acids is 1. The van der Waals surface area contributed by atoms with Gasteiger partial charge in [-0.15, -0.1) is 0 Å². The lowest BCUT2D eigenvalue weighted by molar-refractivity contribution is -0.143. The van der Waals surface area contributed by atoms with Gasteiger partial charge in [0.15, 0.2) is 0 Å². The van der Waals surface area contributed by atoms with Crippen LogP contribution >= 0.6 is 11.6 Å². The molecule has 27 heavy (non-hydrogen) atoms. The molecule has 2 aromatic rings. The van der Waals surface area contributed by atoms with Gasteiger partial charge in [0.1, 0.15) is 13.2 Å². The molecule has 0 aromatic heterocycles. The lowest BCUT2D eigenvalue weighted by Gasteiger charge is -2.13. The lowest BCUT2D eigenvalue weighted by atomic mass is 10.2. The minimum absolute atomic E-state index is 0.0215. The number of halogens is 1. The van der Waals surface area contributed by atoms with Crippen LogP contribution < -0.4 is 10.0 Å². The Morgan fingerprint density at radius 3 is 2.52 bits per heavy atom. The lowest BCUT2D eigenvalue weighted by Crippen LogP contribution is -2.21. The van der Waals surface area contributed by atoms with Crippen molar-refractivity contribution in [3.05, 3.63) is 53.1 Å². The largest absolute Gasteiger partial charge is 0.480 e. The van der Waals surface area contributed by atoms with Crippen LogP contribution in [0.1, 0.15) is 5.56 Å². The average molecular weight is 413 g/mol. The zero-order valence-electron chi connectivity index (χ0n) is 14.2. The van der Waals surface area contributed by atoms with Crippen molar-refractivity contribution in [2.75, 3.05) is 23.3 Å². The number of nitrogens with one attached hydrogen (secondary N) is 2. The fourth-order valence-electron chi connectivity index (χ4n) is 2.16. The second-order valence-electron chi connectivity index (χ2n) is 5.53. The maximum Gasteiger partial charge on any atom is 0.329 e. The Bertz CT molecular complexity index is 962. The van der Waals surface area contributed by atoms with E-state index in [2.05, 4.69) is 14.8 Å². The number of carbonyl (C=O) groups excluding carboxylic acids is 1. The highest BCUT2D eigenvalue weighted by Gasteiger charge is 2.18. The minimum atomic E-state index is -3.92. The third kappa shape index (κ3) is 6.24. The number of rotatable bonds is 8. The molecule has 0 saturated carbocycles. The maximum absolute atomic E-state index is 12.7. The molecule has 0 radical (unpaired) electrons. The summed E-state index contributed by atoms with van der Waals surface area (Å²) in [6.45, 7) is 0.543. The van der Waals surface area contributed by atoms with E-state index in [1.54, 1.807) is 31.2 Å². The molecule has 0 aliphatic heterocycles. The van der Waals surface area contributed by atoms with Crippen LogP contribution in [0.3, 0.4) is 0 Å². The molecule has 2 aromatic carbocycles. The molecule has 0 aliphatic rings. The average Bonchev–Trinajstić information content (AvgIpc) is 2.55. The Hall–Kier alpha value is -2.62. The number of hydrogen-bond acceptors (Lipinski definition) is 5. The number of aryl methyl sites for hydroxylation is 1. The van der Waals surface area contributed by atoms with Gasteiger partial charge in [-0.25, -0.2) is 13.2 Å². The summed E-state index contributed by atoms with van der Waals surface area (Å²) in [4.78, 5) is 22.1. The summed E-state index contributed by atoms with van der Waals surface area (Å²) in [6, 6.07) is 10.6. The van der Waals surface area contributed by atoms with Gasteiger partial charge in [-0.3, -0.25) is 9.52 Å². The molecule has 0 unspecified atom stereocenters. The molecular formula is C17H17ClN2O6S. The number of carboxylic acid groups (broad SMARTS) is 1. The van der Waals surface area contributed by atoms with Gasteiger partial charge in [0.05, 0.1) is 10.6 Å². The molecule has 0 atom stereocenters. The van der Waals surface area contributed by atoms with Crippen molar-refractivity contribution in [3.63, 3.8) is 0 Å². The van der Waals surface area contributed by atoms with Crippen LogP contribution in [-0.4, -0.2) is 38.6 Å². The summed E-state index contributed by atoms with van der Waals surface area (Å²) in [7, 11) is -3.92. The van der Waals surface area contributed by atoms with E-state index in [-0.39, 0.29) is 10.6 Å². The van der Waals surface area contributed by atoms with Gasteiger partial charge in [-0.2, -0.15) is 0 Å². The van der Waals surface area contributed by atoms with E-state index in [9.17, 15) is 18.0 Å². The fraction of sp³-hybridized carbons (Fsp3) is 0.176. The number of sulfonamides is 1. The maximum atomic E-state index is 12.7. The molecule has 10 heteroatoms. The van der Waals surface area contributed by atoms with Gasteiger partial charge >= 0.3 is 5.97 Å². The van der Waals surface area contributed by atoms with E-state index in [0.29, 0.717) is 16.3 Å². The van der Waals surface area contributed by atoms with Crippen LogP contribution in [-0.2, 0) is 24.3 Å². The van der Waals surface area contributed by atoms with Gasteiger partial charge in [0.2, 0.25) is 5.91 Å². The Labute approximate surface area is 161 Å². The van der Waals surface area contributed by atoms with E-state index in [4.69, 9.17) is 16.7 Å². The molecule has 1 amide bonds. The molecule has 2 rings (SSSR count). The highest BCUT2D eigenvalue weighted by atomic mass is 35.5. The number of benzene rings is 2. The molecule has 3 N–H and O–H groups in total. The smallest absolute Gasteiger partial charge is 0.329 e. The first-order chi connectivity index (χ1) is 12.7. The number of hydrogen-bond donors (Lipinski definition) is 3. The summed E-state index contributed by atoms with van der Waals surface area (Å²) >= 11 is 5.86. The molecule has 144 valence electrons. The monoisotopic (exact) mass is 412 g/mol. The quantitative estimate of drug-likeness (QED) is 0.612. The van der Waals surface area contributed by atoms with Crippen molar-refractivity contribution in [1.29, 1.82) is 0 Å². The molecule has 0 fully saturated rings. The van der Waals surface area contributed by atoms with Crippen LogP contribution in [0.4, 0.5) is 11.4 Å². The van der Waals surface area contributed by atoms with Gasteiger partial charge in [-0.05, 0) is 42.8 Å². The number of carbonyl (C=O) groups is 2. The standard InChI is InChI=1S/C17H17ClN2O6S/c1-11-5-6-13(19-16(21)9-26-10-17(22)23)8-15(11)27(24,25)20-14-4-2-3-12(18)7-14/h2-8,20H,9-10H2,1H3,(H,19,21)(H,22,23). The van der Waals surface area contributed by atoms with Crippen molar-refractivity contribution in [2.24, 2.45) is 0 Å². The summed E-state index contributed by atoms with van der Waals surface area (Å²) < 4.78 is 32.4. The van der Waals surface area contributed by atoms with Crippen molar-refractivity contribution in [2.45, 2.75) is 11.8 Å². The van der Waals surface area contributed by atoms with Gasteiger partial charge < -0.3 is 15.2 Å². The van der Waals surface area contributed by atoms with E-state index < -0.39 is 35.1 Å². The van der Waals surface area contributed by atoms with Crippen molar-refractivity contribution >= 4 is 44.9 Å². The molecule has 0 spiro atoms. The minimum Gasteiger partial charge on any atom is -0.480 e. The molecule has 0 saturated heterocycles. The van der Waals surface area contributed by atoms with Gasteiger partial charge in [-0.1, -0.05) is 23.7 Å². The van der Waals surface area contributed by atoms with E-state index >= 15 is 0 Å². The summed E-state index contributed by atoms with van der Waals surface area (Å²) in [6.07, 6.45) is 0. The van der Waals surface area contributed by atoms with E-state index in [1.807, 2.05) is 0 Å². The van der Waals surface area contributed by atoms with Crippen molar-refractivity contribution in [3.8, 4) is 0 Å². The van der Waals surface area contributed by atoms with Crippen LogP contribution in [0.2, 0.25) is 5.02 Å². The molecule has 8 nitrogen and oxygen atoms in total. The number of amides is 1. The first-order valence-electron chi connectivity index (χ1n) is 7.66. The Morgan fingerprint density at radius 2 is 1.85 bits per heavy atom. The first kappa shape index (κ1) is 20.7. The highest BCUT2D eigenvalue weighted by Crippen LogP contribution is 2.24. The second-order valence-corrected chi connectivity index (χ2v) is 7.62. The van der Waals surface area contributed by atoms with Crippen LogP contribution in [0.5, 0.6) is 0 Å². The number of ether oxygens (including phenoxy) is 1. The van der Waals surface area contributed by atoms with Gasteiger partial charge in [0, 0.05) is 10.7 Å². The number of carboxylic acids is 1. The summed E-state index contributed by atoms with van der Waals surface area (Å²) in [5, 5.41) is 11.3. The first-order valence-corrected chi connectivity index (χ1v) is 9.52. The number of anilines is 2. The Balaban J connectivity index is 2.16. The fourth-order valence-corrected chi connectivity index (χ4v) is 3.67. The second kappa shape index (κ2) is 8.85. The van der Waals surface area contributed by atoms with Crippen molar-refractivity contribution in [1.82, 2.24) is 0 Å². The summed E-state index contributed by atoms with van der Waals surface area (Å²) in [5.41, 5.74) is 1.01. The SMILES string of the molecule is Cc1ccc(NC(=O)COCC(=O)O)cc1S(=O)(=O)Nc1cccc(Cl)c1. The third-order valence-electron chi connectivity index (χ3n) is 3.30. The van der Waals surface area contributed by atoms with Crippen LogP contribution in [0.15, 0.2) is 47.4 Å². The zero-order chi connectivity index (χ0) is 20.0. The molecule has 0 heterocycles. The van der Waals surface area contributed by atoms with Crippen LogP contribution in [0.25, 0.3) is 0 Å². The Kier molecular flexibility index (Phi) is 6.78. The van der Waals surface area contributed by atoms with Crippen molar-refractivity contribution < 1.29 is 27.9 Å². The normalized spacial score (nSPS) is 11.0. The predicted octanol–water partition coefficient (Wildman–Crippen LogP) is 2.49. The Morgan fingerprint density at radius 1 is 1.11 bits per heavy atom. The zero-order valence-corrected chi connectivity index (χ0v) is 15.8. The summed E-state index contributed by atoms with van der Waals surface area (Å²) in [5.74, 6) is -1.80. The molecule has 0 aliphatic carbocycles. The van der Waals surface area contributed by atoms with E-state index in [1.165, 1.54) is 18.2 Å². The third-order valence-corrected chi connectivity index (χ3v) is 5.06. The topological polar surface area (TPSA) is 122 Å². The van der Waals surface area contributed by atoms with Gasteiger partial charge in [0.25, 0.3) is 10.0 Å². The molecule has 0 bridgehead atoms. The highest BCUT2D eigenvalue weighted by molar-refractivity contribution is 7.92.